The highest BCUT2D eigenvalue weighted by Crippen LogP contribution is 2.53. The zero-order valence-corrected chi connectivity index (χ0v) is 9.78. The summed E-state index contributed by atoms with van der Waals surface area (Å²) >= 11 is 0. The van der Waals surface area contributed by atoms with Gasteiger partial charge in [-0.1, -0.05) is 24.3 Å². The van der Waals surface area contributed by atoms with Crippen LogP contribution in [-0.2, 0) is 6.42 Å². The summed E-state index contributed by atoms with van der Waals surface area (Å²) in [6.45, 7) is 0.395. The van der Waals surface area contributed by atoms with Crippen LogP contribution in [0.3, 0.4) is 0 Å². The molecule has 2 aliphatic carbocycles. The molecule has 0 aromatic heterocycles. The Morgan fingerprint density at radius 2 is 2.06 bits per heavy atom. The Bertz CT molecular complexity index is 379. The Hall–Kier alpha value is -0.820. The van der Waals surface area contributed by atoms with Crippen molar-refractivity contribution in [3.05, 3.63) is 35.4 Å². The summed E-state index contributed by atoms with van der Waals surface area (Å²) in [5, 5.41) is 9.44. The van der Waals surface area contributed by atoms with Crippen molar-refractivity contribution in [2.45, 2.75) is 44.4 Å². The monoisotopic (exact) mass is 216 g/mol. The van der Waals surface area contributed by atoms with Gasteiger partial charge in [-0.25, -0.2) is 0 Å². The minimum atomic E-state index is 0.301. The van der Waals surface area contributed by atoms with Gasteiger partial charge in [0.1, 0.15) is 0 Å². The lowest BCUT2D eigenvalue weighted by atomic mass is 9.77. The van der Waals surface area contributed by atoms with Crippen molar-refractivity contribution in [3.63, 3.8) is 0 Å². The van der Waals surface area contributed by atoms with E-state index in [1.165, 1.54) is 38.5 Å². The minimum Gasteiger partial charge on any atom is -0.396 e. The Morgan fingerprint density at radius 3 is 2.81 bits per heavy atom. The predicted octanol–water partition coefficient (Wildman–Crippen LogP) is 3.27. The summed E-state index contributed by atoms with van der Waals surface area (Å²) in [7, 11) is 0. The van der Waals surface area contributed by atoms with Crippen LogP contribution in [0.15, 0.2) is 24.3 Å². The lowest BCUT2D eigenvalue weighted by Gasteiger charge is -2.28. The van der Waals surface area contributed by atoms with Gasteiger partial charge in [-0.15, -0.1) is 0 Å². The van der Waals surface area contributed by atoms with E-state index in [9.17, 15) is 5.11 Å². The van der Waals surface area contributed by atoms with E-state index in [0.717, 1.165) is 0 Å². The molecule has 86 valence electrons. The molecule has 0 bridgehead atoms. The van der Waals surface area contributed by atoms with Crippen LogP contribution in [0.4, 0.5) is 0 Å². The number of benzene rings is 1. The van der Waals surface area contributed by atoms with Crippen molar-refractivity contribution in [1.29, 1.82) is 0 Å². The lowest BCUT2D eigenvalue weighted by Crippen LogP contribution is -2.16. The molecule has 1 saturated carbocycles. The number of fused-ring (bicyclic) bond motifs is 1. The molecule has 0 spiro atoms. The summed E-state index contributed by atoms with van der Waals surface area (Å²) in [4.78, 5) is 0. The summed E-state index contributed by atoms with van der Waals surface area (Å²) in [5.74, 6) is 0.708. The average Bonchev–Trinajstić information content (AvgIpc) is 3.10. The van der Waals surface area contributed by atoms with E-state index in [0.29, 0.717) is 17.9 Å². The van der Waals surface area contributed by atoms with Gasteiger partial charge in [-0.2, -0.15) is 0 Å². The summed E-state index contributed by atoms with van der Waals surface area (Å²) < 4.78 is 0. The van der Waals surface area contributed by atoms with Gasteiger partial charge in [-0.05, 0) is 61.0 Å². The van der Waals surface area contributed by atoms with Crippen molar-refractivity contribution in [3.8, 4) is 0 Å². The van der Waals surface area contributed by atoms with Crippen LogP contribution in [-0.4, -0.2) is 11.7 Å². The number of hydrogen-bond donors (Lipinski definition) is 1. The molecule has 1 aromatic rings. The van der Waals surface area contributed by atoms with Gasteiger partial charge < -0.3 is 5.11 Å². The standard InChI is InChI=1S/C15H20O/c16-11-15(8-9-15)10-13-6-3-5-12-4-1-2-7-14(12)13/h1-2,4,7,13,16H,3,5-6,8-11H2. The predicted molar refractivity (Wildman–Crippen MR) is 65.5 cm³/mol. The molecule has 1 fully saturated rings. The van der Waals surface area contributed by atoms with Crippen LogP contribution in [0.5, 0.6) is 0 Å². The maximum Gasteiger partial charge on any atom is 0.0487 e. The van der Waals surface area contributed by atoms with Crippen LogP contribution in [0.1, 0.15) is 49.1 Å². The molecule has 0 aliphatic heterocycles. The summed E-state index contributed by atoms with van der Waals surface area (Å²) in [5.41, 5.74) is 3.41. The highest BCUT2D eigenvalue weighted by atomic mass is 16.3. The maximum absolute atomic E-state index is 9.44. The molecule has 1 aromatic carbocycles. The number of aliphatic hydroxyl groups is 1. The first-order chi connectivity index (χ1) is 7.83. The maximum atomic E-state index is 9.44. The van der Waals surface area contributed by atoms with Crippen LogP contribution in [0.25, 0.3) is 0 Å². The van der Waals surface area contributed by atoms with Gasteiger partial charge in [0.05, 0.1) is 0 Å². The van der Waals surface area contributed by atoms with E-state index in [-0.39, 0.29) is 0 Å². The second kappa shape index (κ2) is 3.89. The van der Waals surface area contributed by atoms with E-state index in [4.69, 9.17) is 0 Å². The molecule has 0 amide bonds. The first kappa shape index (κ1) is 10.3. The van der Waals surface area contributed by atoms with E-state index < -0.39 is 0 Å². The quantitative estimate of drug-likeness (QED) is 0.822. The van der Waals surface area contributed by atoms with Crippen LogP contribution in [0.2, 0.25) is 0 Å². The molecule has 0 saturated heterocycles. The van der Waals surface area contributed by atoms with Crippen molar-refractivity contribution in [1.82, 2.24) is 0 Å². The fourth-order valence-corrected chi connectivity index (χ4v) is 3.19. The van der Waals surface area contributed by atoms with E-state index in [1.807, 2.05) is 0 Å². The largest absolute Gasteiger partial charge is 0.396 e. The molecule has 1 atom stereocenters. The molecule has 1 nitrogen and oxygen atoms in total. The molecule has 2 aliphatic rings. The normalized spacial score (nSPS) is 26.2. The topological polar surface area (TPSA) is 20.2 Å². The molecule has 1 heteroatoms. The van der Waals surface area contributed by atoms with Gasteiger partial charge in [0, 0.05) is 6.61 Å². The molecule has 0 radical (unpaired) electrons. The number of hydrogen-bond acceptors (Lipinski definition) is 1. The van der Waals surface area contributed by atoms with Gasteiger partial charge in [0.15, 0.2) is 0 Å². The summed E-state index contributed by atoms with van der Waals surface area (Å²) in [6, 6.07) is 8.89. The Labute approximate surface area is 97.5 Å². The molecule has 1 N–H and O–H groups in total. The fourth-order valence-electron chi connectivity index (χ4n) is 3.19. The third-order valence-electron chi connectivity index (χ3n) is 4.47. The Balaban J connectivity index is 1.82. The molecule has 16 heavy (non-hydrogen) atoms. The Morgan fingerprint density at radius 1 is 1.25 bits per heavy atom. The Kier molecular flexibility index (Phi) is 2.51. The lowest BCUT2D eigenvalue weighted by molar-refractivity contribution is 0.192. The molecular weight excluding hydrogens is 196 g/mol. The van der Waals surface area contributed by atoms with Gasteiger partial charge in [-0.3, -0.25) is 0 Å². The van der Waals surface area contributed by atoms with Crippen molar-refractivity contribution < 1.29 is 5.11 Å². The average molecular weight is 216 g/mol. The molecule has 1 unspecified atom stereocenters. The SMILES string of the molecule is OCC1(CC2CCCc3ccccc32)CC1. The minimum absolute atomic E-state index is 0.301. The third kappa shape index (κ3) is 1.78. The van der Waals surface area contributed by atoms with Crippen LogP contribution in [0, 0.1) is 5.41 Å². The first-order valence-corrected chi connectivity index (χ1v) is 6.52. The molecule has 3 rings (SSSR count). The second-order valence-corrected chi connectivity index (χ2v) is 5.65. The van der Waals surface area contributed by atoms with Crippen molar-refractivity contribution in [2.24, 2.45) is 5.41 Å². The third-order valence-corrected chi connectivity index (χ3v) is 4.47. The van der Waals surface area contributed by atoms with E-state index >= 15 is 0 Å². The van der Waals surface area contributed by atoms with Crippen molar-refractivity contribution in [2.75, 3.05) is 6.61 Å². The van der Waals surface area contributed by atoms with E-state index in [2.05, 4.69) is 24.3 Å². The van der Waals surface area contributed by atoms with Crippen molar-refractivity contribution >= 4 is 0 Å². The molecule has 0 heterocycles. The summed E-state index contributed by atoms with van der Waals surface area (Å²) in [6.07, 6.45) is 7.57. The van der Waals surface area contributed by atoms with Crippen LogP contribution < -0.4 is 0 Å². The van der Waals surface area contributed by atoms with Gasteiger partial charge in [0.2, 0.25) is 0 Å². The molecular formula is C15H20O. The van der Waals surface area contributed by atoms with E-state index in [1.54, 1.807) is 11.1 Å². The van der Waals surface area contributed by atoms with Crippen LogP contribution >= 0.6 is 0 Å². The van der Waals surface area contributed by atoms with Gasteiger partial charge in [0.25, 0.3) is 0 Å². The number of aliphatic hydroxyl groups excluding tert-OH is 1. The smallest absolute Gasteiger partial charge is 0.0487 e. The number of rotatable bonds is 3. The number of aryl methyl sites for hydroxylation is 1. The second-order valence-electron chi connectivity index (χ2n) is 5.65. The fraction of sp³-hybridized carbons (Fsp3) is 0.600. The van der Waals surface area contributed by atoms with Gasteiger partial charge >= 0.3 is 0 Å². The zero-order chi connectivity index (χ0) is 11.0. The highest BCUT2D eigenvalue weighted by Gasteiger charge is 2.44. The zero-order valence-electron chi connectivity index (χ0n) is 9.78. The highest BCUT2D eigenvalue weighted by molar-refractivity contribution is 5.33. The first-order valence-electron chi connectivity index (χ1n) is 6.52.